The summed E-state index contributed by atoms with van der Waals surface area (Å²) in [6.07, 6.45) is 2.07. The fraction of sp³-hybridized carbons (Fsp3) is 0.0208. The van der Waals surface area contributed by atoms with E-state index in [1.807, 2.05) is 0 Å². The summed E-state index contributed by atoms with van der Waals surface area (Å²) in [5.41, 5.74) is 17.4. The van der Waals surface area contributed by atoms with E-state index in [-0.39, 0.29) is 0 Å². The van der Waals surface area contributed by atoms with Crippen LogP contribution in [-0.2, 0) is 0 Å². The van der Waals surface area contributed by atoms with Crippen LogP contribution in [0.25, 0.3) is 78.0 Å². The standard InChI is InChI=1S/C48H35N/c1-34-18-17-29-40(32-34)42-31-30-41(33-49-42)48-46(38-25-13-5-14-26-38)44(36-21-9-3-10-22-36)43(35-19-7-2-8-20-35)45(37-23-11-4-12-24-37)47(48)39-27-15-6-16-28-39/h2-33H,1H3. The maximum atomic E-state index is 5.12. The summed E-state index contributed by atoms with van der Waals surface area (Å²) in [7, 11) is 0. The summed E-state index contributed by atoms with van der Waals surface area (Å²) in [5.74, 6) is 0. The molecular formula is C48H35N. The molecule has 1 nitrogen and oxygen atoms in total. The zero-order valence-corrected chi connectivity index (χ0v) is 27.4. The van der Waals surface area contributed by atoms with Gasteiger partial charge in [-0.2, -0.15) is 0 Å². The minimum absolute atomic E-state index is 0.961. The number of hydrogen-bond acceptors (Lipinski definition) is 1. The second-order valence-corrected chi connectivity index (χ2v) is 12.4. The van der Waals surface area contributed by atoms with Crippen molar-refractivity contribution in [1.29, 1.82) is 0 Å². The second kappa shape index (κ2) is 13.4. The molecule has 0 bridgehead atoms. The van der Waals surface area contributed by atoms with E-state index in [1.165, 1.54) is 50.1 Å². The predicted molar refractivity (Wildman–Crippen MR) is 207 cm³/mol. The molecule has 0 unspecified atom stereocenters. The van der Waals surface area contributed by atoms with Crippen LogP contribution in [0.5, 0.6) is 0 Å². The Hall–Kier alpha value is -6.31. The molecular weight excluding hydrogens is 591 g/mol. The van der Waals surface area contributed by atoms with Crippen molar-refractivity contribution in [3.63, 3.8) is 0 Å². The zero-order chi connectivity index (χ0) is 33.0. The van der Waals surface area contributed by atoms with Crippen molar-refractivity contribution in [2.24, 2.45) is 0 Å². The number of nitrogens with zero attached hydrogens (tertiary/aromatic N) is 1. The monoisotopic (exact) mass is 625 g/mol. The Balaban J connectivity index is 1.59. The lowest BCUT2D eigenvalue weighted by Crippen LogP contribution is -2.02. The Bertz CT molecular complexity index is 2220. The Labute approximate surface area is 288 Å². The van der Waals surface area contributed by atoms with E-state index >= 15 is 0 Å². The van der Waals surface area contributed by atoms with Gasteiger partial charge in [-0.1, -0.05) is 181 Å². The van der Waals surface area contributed by atoms with E-state index in [1.54, 1.807) is 0 Å². The molecule has 8 rings (SSSR count). The first kappa shape index (κ1) is 30.1. The molecule has 0 aliphatic rings. The Morgan fingerprint density at radius 1 is 0.286 bits per heavy atom. The predicted octanol–water partition coefficient (Wildman–Crippen LogP) is 13.1. The van der Waals surface area contributed by atoms with E-state index in [2.05, 4.69) is 201 Å². The third-order valence-electron chi connectivity index (χ3n) is 9.18. The highest BCUT2D eigenvalue weighted by Crippen LogP contribution is 2.55. The van der Waals surface area contributed by atoms with Crippen LogP contribution >= 0.6 is 0 Å². The van der Waals surface area contributed by atoms with Gasteiger partial charge in [0, 0.05) is 22.9 Å². The number of rotatable bonds is 7. The molecule has 1 aromatic heterocycles. The first-order chi connectivity index (χ1) is 24.3. The van der Waals surface area contributed by atoms with Crippen LogP contribution in [0, 0.1) is 6.92 Å². The summed E-state index contributed by atoms with van der Waals surface area (Å²) >= 11 is 0. The van der Waals surface area contributed by atoms with Gasteiger partial charge in [0.15, 0.2) is 0 Å². The van der Waals surface area contributed by atoms with Gasteiger partial charge >= 0.3 is 0 Å². The fourth-order valence-electron chi connectivity index (χ4n) is 7.02. The van der Waals surface area contributed by atoms with Crippen molar-refractivity contribution in [2.75, 3.05) is 0 Å². The van der Waals surface area contributed by atoms with Crippen LogP contribution in [0.4, 0.5) is 0 Å². The molecule has 0 atom stereocenters. The second-order valence-electron chi connectivity index (χ2n) is 12.4. The highest BCUT2D eigenvalue weighted by atomic mass is 14.7. The van der Waals surface area contributed by atoms with Gasteiger partial charge in [-0.3, -0.25) is 4.98 Å². The van der Waals surface area contributed by atoms with Crippen molar-refractivity contribution >= 4 is 0 Å². The molecule has 0 fully saturated rings. The van der Waals surface area contributed by atoms with Crippen molar-refractivity contribution in [3.8, 4) is 78.0 Å². The molecule has 0 aliphatic heterocycles. The van der Waals surface area contributed by atoms with E-state index in [0.29, 0.717) is 0 Å². The number of aromatic nitrogens is 1. The van der Waals surface area contributed by atoms with Crippen LogP contribution in [0.15, 0.2) is 194 Å². The van der Waals surface area contributed by atoms with Crippen LogP contribution in [-0.4, -0.2) is 4.98 Å². The van der Waals surface area contributed by atoms with Gasteiger partial charge < -0.3 is 0 Å². The number of benzene rings is 7. The van der Waals surface area contributed by atoms with Gasteiger partial charge in [0.05, 0.1) is 5.69 Å². The van der Waals surface area contributed by atoms with E-state index in [0.717, 1.165) is 33.5 Å². The van der Waals surface area contributed by atoms with Gasteiger partial charge in [0.25, 0.3) is 0 Å². The number of aryl methyl sites for hydroxylation is 1. The molecule has 0 saturated heterocycles. The lowest BCUT2D eigenvalue weighted by atomic mass is 9.74. The molecule has 0 spiro atoms. The summed E-state index contributed by atoms with van der Waals surface area (Å²) in [5, 5.41) is 0. The van der Waals surface area contributed by atoms with E-state index in [9.17, 15) is 0 Å². The molecule has 1 heterocycles. The van der Waals surface area contributed by atoms with Gasteiger partial charge in [0.2, 0.25) is 0 Å². The van der Waals surface area contributed by atoms with Gasteiger partial charge in [-0.05, 0) is 74.7 Å². The SMILES string of the molecule is Cc1cccc(-c2ccc(-c3c(-c4ccccc4)c(-c4ccccc4)c(-c4ccccc4)c(-c4ccccc4)c3-c3ccccc3)cn2)c1. The average Bonchev–Trinajstić information content (AvgIpc) is 3.18. The van der Waals surface area contributed by atoms with Gasteiger partial charge in [0.1, 0.15) is 0 Å². The van der Waals surface area contributed by atoms with Crippen molar-refractivity contribution in [3.05, 3.63) is 200 Å². The van der Waals surface area contributed by atoms with Crippen molar-refractivity contribution in [2.45, 2.75) is 6.92 Å². The van der Waals surface area contributed by atoms with Crippen molar-refractivity contribution < 1.29 is 0 Å². The maximum absolute atomic E-state index is 5.12. The highest BCUT2D eigenvalue weighted by molar-refractivity contribution is 6.15. The normalized spacial score (nSPS) is 11.0. The largest absolute Gasteiger partial charge is 0.256 e. The smallest absolute Gasteiger partial charge is 0.0702 e. The fourth-order valence-corrected chi connectivity index (χ4v) is 7.02. The van der Waals surface area contributed by atoms with Gasteiger partial charge in [-0.15, -0.1) is 0 Å². The Morgan fingerprint density at radius 2 is 0.612 bits per heavy atom. The lowest BCUT2D eigenvalue weighted by Gasteiger charge is -2.28. The lowest BCUT2D eigenvalue weighted by molar-refractivity contribution is 1.32. The van der Waals surface area contributed by atoms with Crippen LogP contribution in [0.2, 0.25) is 0 Å². The maximum Gasteiger partial charge on any atom is 0.0702 e. The molecule has 0 saturated carbocycles. The molecule has 0 amide bonds. The summed E-state index contributed by atoms with van der Waals surface area (Å²) in [6, 6.07) is 67.3. The average molecular weight is 626 g/mol. The first-order valence-corrected chi connectivity index (χ1v) is 16.8. The molecule has 232 valence electrons. The summed E-state index contributed by atoms with van der Waals surface area (Å²) < 4.78 is 0. The minimum Gasteiger partial charge on any atom is -0.256 e. The number of hydrogen-bond donors (Lipinski definition) is 0. The number of pyridine rings is 1. The Morgan fingerprint density at radius 3 is 0.918 bits per heavy atom. The summed E-state index contributed by atoms with van der Waals surface area (Å²) in [4.78, 5) is 5.12. The van der Waals surface area contributed by atoms with E-state index in [4.69, 9.17) is 4.98 Å². The molecule has 0 radical (unpaired) electrons. The molecule has 1 heteroatoms. The molecule has 49 heavy (non-hydrogen) atoms. The Kier molecular flexibility index (Phi) is 8.24. The quantitative estimate of drug-likeness (QED) is 0.172. The van der Waals surface area contributed by atoms with Crippen LogP contribution < -0.4 is 0 Å². The van der Waals surface area contributed by atoms with Crippen LogP contribution in [0.3, 0.4) is 0 Å². The molecule has 0 aliphatic carbocycles. The minimum atomic E-state index is 0.961. The molecule has 0 N–H and O–H groups in total. The molecule has 8 aromatic rings. The highest BCUT2D eigenvalue weighted by Gasteiger charge is 2.29. The third-order valence-corrected chi connectivity index (χ3v) is 9.18. The first-order valence-electron chi connectivity index (χ1n) is 16.8. The molecule has 7 aromatic carbocycles. The third kappa shape index (κ3) is 5.88. The van der Waals surface area contributed by atoms with Crippen molar-refractivity contribution in [1.82, 2.24) is 4.98 Å². The topological polar surface area (TPSA) is 12.9 Å². The van der Waals surface area contributed by atoms with Crippen LogP contribution in [0.1, 0.15) is 5.56 Å². The zero-order valence-electron chi connectivity index (χ0n) is 27.4. The van der Waals surface area contributed by atoms with E-state index < -0.39 is 0 Å². The van der Waals surface area contributed by atoms with Gasteiger partial charge in [-0.25, -0.2) is 0 Å². The summed E-state index contributed by atoms with van der Waals surface area (Å²) in [6.45, 7) is 2.13.